The van der Waals surface area contributed by atoms with Crippen molar-refractivity contribution in [2.45, 2.75) is 13.5 Å². The molecule has 0 fully saturated rings. The van der Waals surface area contributed by atoms with Crippen LogP contribution in [0.1, 0.15) is 12.5 Å². The van der Waals surface area contributed by atoms with Crippen molar-refractivity contribution in [2.24, 2.45) is 0 Å². The number of aliphatic hydroxyl groups is 1. The fourth-order valence-electron chi connectivity index (χ4n) is 1.35. The number of aliphatic hydroxyl groups excluding tert-OH is 1. The topological polar surface area (TPSA) is 64.5 Å². The van der Waals surface area contributed by atoms with Crippen LogP contribution in [0.3, 0.4) is 0 Å². The maximum Gasteiger partial charge on any atom is 0.321 e. The Hall–Kier alpha value is -2.14. The van der Waals surface area contributed by atoms with E-state index in [0.29, 0.717) is 17.9 Å². The van der Waals surface area contributed by atoms with E-state index >= 15 is 0 Å². The second-order valence-electron chi connectivity index (χ2n) is 3.54. The van der Waals surface area contributed by atoms with Gasteiger partial charge >= 0.3 is 6.01 Å². The maximum atomic E-state index is 8.86. The lowest BCUT2D eigenvalue weighted by Gasteiger charge is -2.06. The van der Waals surface area contributed by atoms with Gasteiger partial charge in [-0.05, 0) is 31.2 Å². The second kappa shape index (κ2) is 5.97. The van der Waals surface area contributed by atoms with Crippen molar-refractivity contribution < 1.29 is 14.6 Å². The molecule has 0 atom stereocenters. The Kier molecular flexibility index (Phi) is 4.09. The van der Waals surface area contributed by atoms with E-state index in [-0.39, 0.29) is 12.6 Å². The normalized spacial score (nSPS) is 10.1. The molecule has 1 aromatic heterocycles. The monoisotopic (exact) mass is 246 g/mol. The van der Waals surface area contributed by atoms with Crippen LogP contribution >= 0.6 is 0 Å². The first-order valence-electron chi connectivity index (χ1n) is 5.64. The van der Waals surface area contributed by atoms with Crippen LogP contribution in [0, 0.1) is 0 Å². The Balaban J connectivity index is 2.03. The fourth-order valence-corrected chi connectivity index (χ4v) is 1.35. The van der Waals surface area contributed by atoms with Gasteiger partial charge in [-0.2, -0.15) is 0 Å². The number of hydrogen-bond donors (Lipinski definition) is 1. The standard InChI is InChI=1S/C13H14N2O3/c1-2-17-11-3-5-12(6-4-11)18-13-14-7-10(9-16)8-15-13/h3-8,16H,2,9H2,1H3. The third-order valence-electron chi connectivity index (χ3n) is 2.21. The van der Waals surface area contributed by atoms with Crippen LogP contribution in [-0.2, 0) is 6.61 Å². The Morgan fingerprint density at radius 2 is 1.67 bits per heavy atom. The zero-order valence-electron chi connectivity index (χ0n) is 10.0. The fraction of sp³-hybridized carbons (Fsp3) is 0.231. The summed E-state index contributed by atoms with van der Waals surface area (Å²) in [5, 5.41) is 8.86. The molecule has 0 bridgehead atoms. The lowest BCUT2D eigenvalue weighted by molar-refractivity contribution is 0.280. The second-order valence-corrected chi connectivity index (χ2v) is 3.54. The quantitative estimate of drug-likeness (QED) is 0.875. The van der Waals surface area contributed by atoms with E-state index in [4.69, 9.17) is 14.6 Å². The van der Waals surface area contributed by atoms with Gasteiger partial charge in [0.2, 0.25) is 0 Å². The van der Waals surface area contributed by atoms with Crippen molar-refractivity contribution in [3.63, 3.8) is 0 Å². The van der Waals surface area contributed by atoms with Crippen LogP contribution in [0.5, 0.6) is 17.5 Å². The highest BCUT2D eigenvalue weighted by Gasteiger charge is 2.01. The molecule has 1 aromatic carbocycles. The molecule has 0 aliphatic rings. The predicted molar refractivity (Wildman–Crippen MR) is 65.6 cm³/mol. The summed E-state index contributed by atoms with van der Waals surface area (Å²) in [4.78, 5) is 7.96. The van der Waals surface area contributed by atoms with Gasteiger partial charge in [0.1, 0.15) is 11.5 Å². The first-order valence-corrected chi connectivity index (χ1v) is 5.64. The summed E-state index contributed by atoms with van der Waals surface area (Å²) in [5.41, 5.74) is 0.647. The summed E-state index contributed by atoms with van der Waals surface area (Å²) in [6.45, 7) is 2.48. The molecule has 0 saturated heterocycles. The maximum absolute atomic E-state index is 8.86. The van der Waals surface area contributed by atoms with Gasteiger partial charge in [-0.15, -0.1) is 0 Å². The van der Waals surface area contributed by atoms with Crippen LogP contribution in [-0.4, -0.2) is 21.7 Å². The zero-order valence-corrected chi connectivity index (χ0v) is 10.0. The molecule has 0 amide bonds. The number of hydrogen-bond acceptors (Lipinski definition) is 5. The van der Waals surface area contributed by atoms with Crippen LogP contribution in [0.25, 0.3) is 0 Å². The Morgan fingerprint density at radius 3 is 2.22 bits per heavy atom. The summed E-state index contributed by atoms with van der Waals surface area (Å²) >= 11 is 0. The number of benzene rings is 1. The molecular formula is C13H14N2O3. The Bertz CT molecular complexity index is 483. The molecular weight excluding hydrogens is 232 g/mol. The first-order chi connectivity index (χ1) is 8.81. The van der Waals surface area contributed by atoms with E-state index in [1.54, 1.807) is 12.1 Å². The molecule has 0 unspecified atom stereocenters. The van der Waals surface area contributed by atoms with Crippen LogP contribution < -0.4 is 9.47 Å². The van der Waals surface area contributed by atoms with E-state index < -0.39 is 0 Å². The molecule has 5 nitrogen and oxygen atoms in total. The molecule has 18 heavy (non-hydrogen) atoms. The lowest BCUT2D eigenvalue weighted by Crippen LogP contribution is -1.94. The van der Waals surface area contributed by atoms with E-state index in [1.807, 2.05) is 19.1 Å². The molecule has 0 radical (unpaired) electrons. The molecule has 5 heteroatoms. The smallest absolute Gasteiger partial charge is 0.321 e. The molecule has 94 valence electrons. The van der Waals surface area contributed by atoms with E-state index in [0.717, 1.165) is 5.75 Å². The van der Waals surface area contributed by atoms with Gasteiger partial charge in [0.15, 0.2) is 0 Å². The van der Waals surface area contributed by atoms with Crippen molar-refractivity contribution in [2.75, 3.05) is 6.61 Å². The van der Waals surface area contributed by atoms with Crippen molar-refractivity contribution >= 4 is 0 Å². The summed E-state index contributed by atoms with van der Waals surface area (Å²) in [6, 6.07) is 7.46. The van der Waals surface area contributed by atoms with Gasteiger partial charge in [0.05, 0.1) is 13.2 Å². The molecule has 1 N–H and O–H groups in total. The summed E-state index contributed by atoms with van der Waals surface area (Å²) < 4.78 is 10.8. The molecule has 0 spiro atoms. The third-order valence-corrected chi connectivity index (χ3v) is 2.21. The minimum absolute atomic E-state index is 0.0800. The highest BCUT2D eigenvalue weighted by Crippen LogP contribution is 2.21. The van der Waals surface area contributed by atoms with Gasteiger partial charge in [0, 0.05) is 18.0 Å². The summed E-state index contributed by atoms with van der Waals surface area (Å²) in [6.07, 6.45) is 3.05. The van der Waals surface area contributed by atoms with Gasteiger partial charge in [0.25, 0.3) is 0 Å². The van der Waals surface area contributed by atoms with Crippen molar-refractivity contribution in [3.8, 4) is 17.5 Å². The zero-order chi connectivity index (χ0) is 12.8. The highest BCUT2D eigenvalue weighted by molar-refractivity contribution is 5.32. The molecule has 0 aliphatic carbocycles. The van der Waals surface area contributed by atoms with Crippen LogP contribution in [0.15, 0.2) is 36.7 Å². The Morgan fingerprint density at radius 1 is 1.06 bits per heavy atom. The number of aromatic nitrogens is 2. The average molecular weight is 246 g/mol. The molecule has 0 saturated carbocycles. The minimum Gasteiger partial charge on any atom is -0.494 e. The van der Waals surface area contributed by atoms with Gasteiger partial charge in [-0.1, -0.05) is 0 Å². The van der Waals surface area contributed by atoms with Crippen molar-refractivity contribution in [3.05, 3.63) is 42.2 Å². The van der Waals surface area contributed by atoms with Crippen molar-refractivity contribution in [1.82, 2.24) is 9.97 Å². The predicted octanol–water partition coefficient (Wildman–Crippen LogP) is 2.16. The Labute approximate surface area is 105 Å². The van der Waals surface area contributed by atoms with Gasteiger partial charge < -0.3 is 14.6 Å². The lowest BCUT2D eigenvalue weighted by atomic mass is 10.3. The number of ether oxygens (including phenoxy) is 2. The minimum atomic E-state index is -0.0800. The van der Waals surface area contributed by atoms with Crippen molar-refractivity contribution in [1.29, 1.82) is 0 Å². The molecule has 2 rings (SSSR count). The largest absolute Gasteiger partial charge is 0.494 e. The molecule has 1 heterocycles. The number of rotatable bonds is 5. The highest BCUT2D eigenvalue weighted by atomic mass is 16.5. The van der Waals surface area contributed by atoms with Crippen LogP contribution in [0.2, 0.25) is 0 Å². The number of nitrogens with zero attached hydrogens (tertiary/aromatic N) is 2. The SMILES string of the molecule is CCOc1ccc(Oc2ncc(CO)cn2)cc1. The van der Waals surface area contributed by atoms with Gasteiger partial charge in [-0.3, -0.25) is 0 Å². The van der Waals surface area contributed by atoms with E-state index in [1.165, 1.54) is 12.4 Å². The van der Waals surface area contributed by atoms with Gasteiger partial charge in [-0.25, -0.2) is 9.97 Å². The van der Waals surface area contributed by atoms with E-state index in [2.05, 4.69) is 9.97 Å². The molecule has 0 aliphatic heterocycles. The summed E-state index contributed by atoms with van der Waals surface area (Å²) in [5.74, 6) is 1.43. The third kappa shape index (κ3) is 3.18. The average Bonchev–Trinajstić information content (AvgIpc) is 2.42. The van der Waals surface area contributed by atoms with Crippen LogP contribution in [0.4, 0.5) is 0 Å². The summed E-state index contributed by atoms with van der Waals surface area (Å²) in [7, 11) is 0. The molecule has 2 aromatic rings. The first kappa shape index (κ1) is 12.3. The van der Waals surface area contributed by atoms with E-state index in [9.17, 15) is 0 Å².